The summed E-state index contributed by atoms with van der Waals surface area (Å²) in [6.07, 6.45) is 3.83. The number of ether oxygens (including phenoxy) is 1. The normalized spacial score (nSPS) is 15.5. The van der Waals surface area contributed by atoms with Gasteiger partial charge in [-0.3, -0.25) is 4.79 Å². The number of para-hydroxylation sites is 2. The first-order valence-corrected chi connectivity index (χ1v) is 11.5. The maximum Gasteiger partial charge on any atom is 0.255 e. The molecule has 0 bridgehead atoms. The fourth-order valence-electron chi connectivity index (χ4n) is 3.49. The quantitative estimate of drug-likeness (QED) is 0.765. The zero-order chi connectivity index (χ0) is 20.9. The Hall–Kier alpha value is -2.38. The topological polar surface area (TPSA) is 75.7 Å². The van der Waals surface area contributed by atoms with Crippen molar-refractivity contribution in [3.05, 3.63) is 53.6 Å². The van der Waals surface area contributed by atoms with Crippen LogP contribution in [0.5, 0.6) is 5.75 Å². The lowest BCUT2D eigenvalue weighted by Gasteiger charge is -2.21. The van der Waals surface area contributed by atoms with Gasteiger partial charge in [0, 0.05) is 18.7 Å². The maximum absolute atomic E-state index is 13.2. The molecule has 156 valence electrons. The molecule has 0 aliphatic carbocycles. The zero-order valence-corrected chi connectivity index (χ0v) is 17.8. The van der Waals surface area contributed by atoms with Crippen LogP contribution in [0.15, 0.2) is 47.4 Å². The number of sulfonamides is 1. The molecule has 7 heteroatoms. The Balaban J connectivity index is 1.88. The van der Waals surface area contributed by atoms with Crippen LogP contribution in [-0.2, 0) is 10.0 Å². The highest BCUT2D eigenvalue weighted by molar-refractivity contribution is 7.89. The number of anilines is 1. The minimum absolute atomic E-state index is 0.199. The van der Waals surface area contributed by atoms with Gasteiger partial charge in [0.05, 0.1) is 17.2 Å². The van der Waals surface area contributed by atoms with E-state index < -0.39 is 10.0 Å². The number of nitrogens with zero attached hydrogens (tertiary/aromatic N) is 1. The monoisotopic (exact) mass is 416 g/mol. The third-order valence-electron chi connectivity index (χ3n) is 5.07. The van der Waals surface area contributed by atoms with Gasteiger partial charge in [-0.2, -0.15) is 4.31 Å². The molecule has 6 nitrogen and oxygen atoms in total. The fraction of sp³-hybridized carbons (Fsp3) is 0.409. The van der Waals surface area contributed by atoms with Gasteiger partial charge in [-0.1, -0.05) is 31.0 Å². The first-order chi connectivity index (χ1) is 13.9. The number of carbonyl (C=O) groups is 1. The zero-order valence-electron chi connectivity index (χ0n) is 17.0. The number of hydrogen-bond acceptors (Lipinski definition) is 4. The van der Waals surface area contributed by atoms with Crippen molar-refractivity contribution in [2.24, 2.45) is 0 Å². The summed E-state index contributed by atoms with van der Waals surface area (Å²) in [4.78, 5) is 13.0. The number of amides is 1. The van der Waals surface area contributed by atoms with E-state index in [1.54, 1.807) is 35.5 Å². The fourth-order valence-corrected chi connectivity index (χ4v) is 5.25. The van der Waals surface area contributed by atoms with E-state index in [9.17, 15) is 13.2 Å². The molecule has 0 aromatic heterocycles. The van der Waals surface area contributed by atoms with Gasteiger partial charge in [0.2, 0.25) is 10.0 Å². The first kappa shape index (κ1) is 21.3. The third-order valence-corrected chi connectivity index (χ3v) is 7.11. The van der Waals surface area contributed by atoms with Crippen molar-refractivity contribution >= 4 is 21.6 Å². The summed E-state index contributed by atoms with van der Waals surface area (Å²) in [6, 6.07) is 12.0. The van der Waals surface area contributed by atoms with Crippen molar-refractivity contribution in [3.63, 3.8) is 0 Å². The van der Waals surface area contributed by atoms with Crippen LogP contribution in [0.25, 0.3) is 0 Å². The van der Waals surface area contributed by atoms with Crippen molar-refractivity contribution < 1.29 is 17.9 Å². The van der Waals surface area contributed by atoms with Crippen LogP contribution >= 0.6 is 0 Å². The summed E-state index contributed by atoms with van der Waals surface area (Å²) >= 11 is 0. The number of nitrogens with one attached hydrogen (secondary N) is 1. The van der Waals surface area contributed by atoms with E-state index in [0.29, 0.717) is 42.3 Å². The Bertz CT molecular complexity index is 965. The van der Waals surface area contributed by atoms with Crippen LogP contribution in [0, 0.1) is 6.92 Å². The van der Waals surface area contributed by atoms with Crippen LogP contribution in [0.3, 0.4) is 0 Å². The number of hydrogen-bond donors (Lipinski definition) is 1. The second kappa shape index (κ2) is 9.41. The minimum atomic E-state index is -3.63. The van der Waals surface area contributed by atoms with Crippen LogP contribution in [0.4, 0.5) is 5.69 Å². The van der Waals surface area contributed by atoms with Gasteiger partial charge in [-0.15, -0.1) is 0 Å². The summed E-state index contributed by atoms with van der Waals surface area (Å²) in [5.41, 5.74) is 1.49. The number of aryl methyl sites for hydroxylation is 1. The molecule has 0 atom stereocenters. The predicted molar refractivity (Wildman–Crippen MR) is 114 cm³/mol. The number of benzene rings is 2. The molecular formula is C22H28N2O4S. The van der Waals surface area contributed by atoms with Crippen molar-refractivity contribution in [3.8, 4) is 5.75 Å². The maximum atomic E-state index is 13.2. The summed E-state index contributed by atoms with van der Waals surface area (Å²) < 4.78 is 33.5. The summed E-state index contributed by atoms with van der Waals surface area (Å²) in [7, 11) is -3.63. The molecule has 1 saturated heterocycles. The largest absolute Gasteiger partial charge is 0.492 e. The van der Waals surface area contributed by atoms with E-state index in [-0.39, 0.29) is 10.8 Å². The highest BCUT2D eigenvalue weighted by Gasteiger charge is 2.27. The van der Waals surface area contributed by atoms with E-state index >= 15 is 0 Å². The Morgan fingerprint density at radius 1 is 1.07 bits per heavy atom. The molecule has 1 N–H and O–H groups in total. The average molecular weight is 417 g/mol. The lowest BCUT2D eigenvalue weighted by atomic mass is 10.1. The standard InChI is InChI=1S/C22H28N2O4S/c1-3-28-20-11-7-6-10-19(20)23-22(25)18-13-12-17(2)21(16-18)29(26,27)24-14-8-4-5-9-15-24/h6-7,10-13,16H,3-5,8-9,14-15H2,1-2H3,(H,23,25). The van der Waals surface area contributed by atoms with Crippen LogP contribution in [0.1, 0.15) is 48.5 Å². The molecule has 1 aliphatic heterocycles. The van der Waals surface area contributed by atoms with Crippen molar-refractivity contribution in [1.29, 1.82) is 0 Å². The average Bonchev–Trinajstić information content (AvgIpc) is 3.00. The molecule has 1 fully saturated rings. The third kappa shape index (κ3) is 4.97. The van der Waals surface area contributed by atoms with E-state index in [4.69, 9.17) is 4.74 Å². The molecule has 2 aromatic carbocycles. The van der Waals surface area contributed by atoms with E-state index in [2.05, 4.69) is 5.32 Å². The SMILES string of the molecule is CCOc1ccccc1NC(=O)c1ccc(C)c(S(=O)(=O)N2CCCCCC2)c1. The molecule has 0 unspecified atom stereocenters. The molecular weight excluding hydrogens is 388 g/mol. The summed E-state index contributed by atoms with van der Waals surface area (Å²) in [5, 5.41) is 2.83. The number of carbonyl (C=O) groups excluding carboxylic acids is 1. The van der Waals surface area contributed by atoms with Gasteiger partial charge in [0.15, 0.2) is 0 Å². The Morgan fingerprint density at radius 2 is 1.76 bits per heavy atom. The van der Waals surface area contributed by atoms with Crippen molar-refractivity contribution in [1.82, 2.24) is 4.31 Å². The smallest absolute Gasteiger partial charge is 0.255 e. The van der Waals surface area contributed by atoms with Crippen molar-refractivity contribution in [2.75, 3.05) is 25.0 Å². The van der Waals surface area contributed by atoms with E-state index in [1.807, 2.05) is 19.1 Å². The highest BCUT2D eigenvalue weighted by Crippen LogP contribution is 2.27. The van der Waals surface area contributed by atoms with Gasteiger partial charge in [0.1, 0.15) is 5.75 Å². The molecule has 2 aromatic rings. The summed E-state index contributed by atoms with van der Waals surface area (Å²) in [6.45, 7) is 5.17. The molecule has 0 spiro atoms. The lowest BCUT2D eigenvalue weighted by Crippen LogP contribution is -2.32. The molecule has 3 rings (SSSR count). The highest BCUT2D eigenvalue weighted by atomic mass is 32.2. The molecule has 0 saturated carbocycles. The van der Waals surface area contributed by atoms with E-state index in [1.165, 1.54) is 6.07 Å². The Morgan fingerprint density at radius 3 is 2.45 bits per heavy atom. The molecule has 0 radical (unpaired) electrons. The van der Waals surface area contributed by atoms with Gasteiger partial charge >= 0.3 is 0 Å². The first-order valence-electron chi connectivity index (χ1n) is 10.1. The Kier molecular flexibility index (Phi) is 6.92. The predicted octanol–water partition coefficient (Wildman–Crippen LogP) is 4.21. The Labute approximate surface area is 172 Å². The number of rotatable bonds is 6. The van der Waals surface area contributed by atoms with Gasteiger partial charge in [0.25, 0.3) is 5.91 Å². The van der Waals surface area contributed by atoms with E-state index in [0.717, 1.165) is 25.7 Å². The molecule has 1 amide bonds. The van der Waals surface area contributed by atoms with Gasteiger partial charge in [-0.05, 0) is 56.5 Å². The molecule has 1 aliphatic rings. The van der Waals surface area contributed by atoms with Crippen LogP contribution in [0.2, 0.25) is 0 Å². The van der Waals surface area contributed by atoms with Crippen LogP contribution < -0.4 is 10.1 Å². The van der Waals surface area contributed by atoms with Gasteiger partial charge in [-0.25, -0.2) is 8.42 Å². The van der Waals surface area contributed by atoms with Crippen molar-refractivity contribution in [2.45, 2.75) is 44.4 Å². The summed E-state index contributed by atoms with van der Waals surface area (Å²) in [5.74, 6) is 0.206. The minimum Gasteiger partial charge on any atom is -0.492 e. The second-order valence-corrected chi connectivity index (χ2v) is 9.09. The van der Waals surface area contributed by atoms with Crippen LogP contribution in [-0.4, -0.2) is 38.3 Å². The molecule has 29 heavy (non-hydrogen) atoms. The van der Waals surface area contributed by atoms with Gasteiger partial charge < -0.3 is 10.1 Å². The second-order valence-electron chi connectivity index (χ2n) is 7.18. The molecule has 1 heterocycles. The lowest BCUT2D eigenvalue weighted by molar-refractivity contribution is 0.102.